The van der Waals surface area contributed by atoms with Crippen molar-refractivity contribution in [1.29, 1.82) is 0 Å². The van der Waals surface area contributed by atoms with Crippen LogP contribution in [0.2, 0.25) is 10.0 Å². The lowest BCUT2D eigenvalue weighted by molar-refractivity contribution is 0.110. The molecular weight excluding hydrogens is 280 g/mol. The van der Waals surface area contributed by atoms with Crippen molar-refractivity contribution in [2.75, 3.05) is 13.2 Å². The van der Waals surface area contributed by atoms with E-state index < -0.39 is 0 Å². The highest BCUT2D eigenvalue weighted by atomic mass is 35.5. The SMILES string of the molecule is Cl.Clc1ccc(CNCC2CCCO2)c(Cl)c1. The Balaban J connectivity index is 0.00000144. The summed E-state index contributed by atoms with van der Waals surface area (Å²) in [6, 6.07) is 5.58. The van der Waals surface area contributed by atoms with Crippen LogP contribution in [0.25, 0.3) is 0 Å². The van der Waals surface area contributed by atoms with Crippen LogP contribution in [-0.4, -0.2) is 19.3 Å². The summed E-state index contributed by atoms with van der Waals surface area (Å²) in [4.78, 5) is 0. The van der Waals surface area contributed by atoms with Crippen LogP contribution in [0.5, 0.6) is 0 Å². The summed E-state index contributed by atoms with van der Waals surface area (Å²) in [7, 11) is 0. The van der Waals surface area contributed by atoms with Gasteiger partial charge < -0.3 is 10.1 Å². The topological polar surface area (TPSA) is 21.3 Å². The van der Waals surface area contributed by atoms with Gasteiger partial charge in [0.2, 0.25) is 0 Å². The Morgan fingerprint density at radius 2 is 2.18 bits per heavy atom. The zero-order valence-corrected chi connectivity index (χ0v) is 11.7. The number of nitrogens with one attached hydrogen (secondary N) is 1. The van der Waals surface area contributed by atoms with E-state index in [1.807, 2.05) is 12.1 Å². The molecule has 0 aliphatic carbocycles. The molecule has 17 heavy (non-hydrogen) atoms. The Morgan fingerprint density at radius 1 is 1.35 bits per heavy atom. The molecule has 0 bridgehead atoms. The summed E-state index contributed by atoms with van der Waals surface area (Å²) >= 11 is 11.9. The first-order chi connectivity index (χ1) is 7.75. The second-order valence-corrected chi connectivity index (χ2v) is 4.85. The van der Waals surface area contributed by atoms with Crippen LogP contribution in [0, 0.1) is 0 Å². The van der Waals surface area contributed by atoms with Crippen molar-refractivity contribution in [3.8, 4) is 0 Å². The Morgan fingerprint density at radius 3 is 2.82 bits per heavy atom. The van der Waals surface area contributed by atoms with E-state index in [0.29, 0.717) is 16.1 Å². The third kappa shape index (κ3) is 4.65. The number of hydrogen-bond acceptors (Lipinski definition) is 2. The molecule has 1 aromatic carbocycles. The molecule has 2 rings (SSSR count). The van der Waals surface area contributed by atoms with Crippen LogP contribution >= 0.6 is 35.6 Å². The molecule has 0 saturated carbocycles. The lowest BCUT2D eigenvalue weighted by Crippen LogP contribution is -2.25. The highest BCUT2D eigenvalue weighted by Crippen LogP contribution is 2.20. The van der Waals surface area contributed by atoms with E-state index in [1.54, 1.807) is 6.07 Å². The standard InChI is InChI=1S/C12H15Cl2NO.ClH/c13-10-4-3-9(12(14)6-10)7-15-8-11-2-1-5-16-11;/h3-4,6,11,15H,1-2,5,7-8H2;1H. The molecular formula is C12H16Cl3NO. The molecule has 1 heterocycles. The van der Waals surface area contributed by atoms with Crippen LogP contribution in [0.1, 0.15) is 18.4 Å². The van der Waals surface area contributed by atoms with Gasteiger partial charge in [0.1, 0.15) is 0 Å². The highest BCUT2D eigenvalue weighted by Gasteiger charge is 2.14. The molecule has 1 aromatic rings. The zero-order chi connectivity index (χ0) is 11.4. The zero-order valence-electron chi connectivity index (χ0n) is 9.42. The van der Waals surface area contributed by atoms with E-state index in [0.717, 1.165) is 31.7 Å². The van der Waals surface area contributed by atoms with E-state index in [1.165, 1.54) is 6.42 Å². The summed E-state index contributed by atoms with van der Waals surface area (Å²) in [5.41, 5.74) is 1.07. The Labute approximate surface area is 118 Å². The van der Waals surface area contributed by atoms with Gasteiger partial charge >= 0.3 is 0 Å². The number of rotatable bonds is 4. The molecule has 96 valence electrons. The van der Waals surface area contributed by atoms with Gasteiger partial charge in [0.05, 0.1) is 6.10 Å². The molecule has 5 heteroatoms. The van der Waals surface area contributed by atoms with Gasteiger partial charge in [-0.05, 0) is 30.5 Å². The molecule has 0 amide bonds. The average Bonchev–Trinajstić information content (AvgIpc) is 2.74. The van der Waals surface area contributed by atoms with Gasteiger partial charge in [-0.1, -0.05) is 29.3 Å². The summed E-state index contributed by atoms with van der Waals surface area (Å²) in [5.74, 6) is 0. The van der Waals surface area contributed by atoms with Crippen molar-refractivity contribution >= 4 is 35.6 Å². The molecule has 1 saturated heterocycles. The third-order valence-electron chi connectivity index (χ3n) is 2.73. The number of halogens is 3. The van der Waals surface area contributed by atoms with Gasteiger partial charge in [-0.2, -0.15) is 0 Å². The summed E-state index contributed by atoms with van der Waals surface area (Å²) in [6.07, 6.45) is 2.70. The predicted molar refractivity (Wildman–Crippen MR) is 74.4 cm³/mol. The van der Waals surface area contributed by atoms with Crippen molar-refractivity contribution in [2.45, 2.75) is 25.5 Å². The molecule has 1 atom stereocenters. The molecule has 1 unspecified atom stereocenters. The van der Waals surface area contributed by atoms with E-state index >= 15 is 0 Å². The quantitative estimate of drug-likeness (QED) is 0.915. The van der Waals surface area contributed by atoms with Crippen molar-refractivity contribution in [3.05, 3.63) is 33.8 Å². The first kappa shape index (κ1) is 15.1. The van der Waals surface area contributed by atoms with E-state index in [4.69, 9.17) is 27.9 Å². The minimum Gasteiger partial charge on any atom is -0.377 e. The van der Waals surface area contributed by atoms with Gasteiger partial charge in [0.25, 0.3) is 0 Å². The summed E-state index contributed by atoms with van der Waals surface area (Å²) < 4.78 is 5.52. The monoisotopic (exact) mass is 295 g/mol. The number of ether oxygens (including phenoxy) is 1. The van der Waals surface area contributed by atoms with E-state index in [9.17, 15) is 0 Å². The van der Waals surface area contributed by atoms with Crippen LogP contribution in [0.15, 0.2) is 18.2 Å². The second kappa shape index (κ2) is 7.45. The summed E-state index contributed by atoms with van der Waals surface area (Å²) in [6.45, 7) is 2.54. The minimum absolute atomic E-state index is 0. The predicted octanol–water partition coefficient (Wildman–Crippen LogP) is 3.68. The molecule has 2 nitrogen and oxygen atoms in total. The number of benzene rings is 1. The van der Waals surface area contributed by atoms with Gasteiger partial charge in [-0.3, -0.25) is 0 Å². The Hall–Kier alpha value is 0.01000. The van der Waals surface area contributed by atoms with Crippen LogP contribution in [-0.2, 0) is 11.3 Å². The first-order valence-corrected chi connectivity index (χ1v) is 6.27. The fourth-order valence-electron chi connectivity index (χ4n) is 1.84. The maximum atomic E-state index is 6.07. The number of hydrogen-bond donors (Lipinski definition) is 1. The van der Waals surface area contributed by atoms with Crippen molar-refractivity contribution < 1.29 is 4.74 Å². The van der Waals surface area contributed by atoms with Gasteiger partial charge in [-0.15, -0.1) is 12.4 Å². The summed E-state index contributed by atoms with van der Waals surface area (Å²) in [5, 5.41) is 4.74. The molecule has 1 N–H and O–H groups in total. The second-order valence-electron chi connectivity index (χ2n) is 4.00. The van der Waals surface area contributed by atoms with Crippen molar-refractivity contribution in [3.63, 3.8) is 0 Å². The Kier molecular flexibility index (Phi) is 6.60. The molecule has 1 aliphatic heterocycles. The maximum Gasteiger partial charge on any atom is 0.0700 e. The third-order valence-corrected chi connectivity index (χ3v) is 3.31. The lowest BCUT2D eigenvalue weighted by Gasteiger charge is -2.11. The van der Waals surface area contributed by atoms with Gasteiger partial charge in [-0.25, -0.2) is 0 Å². The Bertz CT molecular complexity index is 354. The molecule has 0 spiro atoms. The largest absolute Gasteiger partial charge is 0.377 e. The fraction of sp³-hybridized carbons (Fsp3) is 0.500. The van der Waals surface area contributed by atoms with Gasteiger partial charge in [0.15, 0.2) is 0 Å². The minimum atomic E-state index is 0. The lowest BCUT2D eigenvalue weighted by atomic mass is 10.2. The van der Waals surface area contributed by atoms with E-state index in [2.05, 4.69) is 5.32 Å². The molecule has 0 aromatic heterocycles. The van der Waals surface area contributed by atoms with Crippen molar-refractivity contribution in [2.24, 2.45) is 0 Å². The van der Waals surface area contributed by atoms with Crippen LogP contribution < -0.4 is 5.32 Å². The first-order valence-electron chi connectivity index (χ1n) is 5.52. The smallest absolute Gasteiger partial charge is 0.0700 e. The fourth-order valence-corrected chi connectivity index (χ4v) is 2.31. The average molecular weight is 297 g/mol. The van der Waals surface area contributed by atoms with Crippen LogP contribution in [0.4, 0.5) is 0 Å². The van der Waals surface area contributed by atoms with Crippen molar-refractivity contribution in [1.82, 2.24) is 5.32 Å². The van der Waals surface area contributed by atoms with Gasteiger partial charge in [0, 0.05) is 29.7 Å². The maximum absolute atomic E-state index is 6.07. The molecule has 1 aliphatic rings. The van der Waals surface area contributed by atoms with E-state index in [-0.39, 0.29) is 12.4 Å². The van der Waals surface area contributed by atoms with Crippen LogP contribution in [0.3, 0.4) is 0 Å². The highest BCUT2D eigenvalue weighted by molar-refractivity contribution is 6.35. The molecule has 0 radical (unpaired) electrons. The molecule has 1 fully saturated rings. The normalized spacial score (nSPS) is 19.1.